The van der Waals surface area contributed by atoms with E-state index in [0.29, 0.717) is 5.56 Å². The highest BCUT2D eigenvalue weighted by Gasteiger charge is 2.13. The van der Waals surface area contributed by atoms with Gasteiger partial charge in [0.15, 0.2) is 5.78 Å². The second kappa shape index (κ2) is 3.99. The van der Waals surface area contributed by atoms with Crippen molar-refractivity contribution < 1.29 is 9.90 Å². The van der Waals surface area contributed by atoms with Crippen LogP contribution in [0.3, 0.4) is 0 Å². The molecule has 1 aromatic carbocycles. The molecule has 1 aromatic rings. The molecule has 3 heteroatoms. The lowest BCUT2D eigenvalue weighted by Crippen LogP contribution is -2.33. The Bertz CT molecular complexity index is 258. The normalized spacial score (nSPS) is 12.5. The Morgan fingerprint density at radius 1 is 1.42 bits per heavy atom. The van der Waals surface area contributed by atoms with Crippen molar-refractivity contribution in [1.29, 1.82) is 0 Å². The highest BCUT2D eigenvalue weighted by atomic mass is 16.3. The zero-order chi connectivity index (χ0) is 8.97. The minimum absolute atomic E-state index is 0.224. The fraction of sp³-hybridized carbons (Fsp3) is 0.222. The van der Waals surface area contributed by atoms with Crippen molar-refractivity contribution in [1.82, 2.24) is 0 Å². The van der Waals surface area contributed by atoms with E-state index in [9.17, 15) is 4.79 Å². The first kappa shape index (κ1) is 8.90. The minimum atomic E-state index is -0.799. The summed E-state index contributed by atoms with van der Waals surface area (Å²) in [5.41, 5.74) is 5.89. The number of carbonyl (C=O) groups is 1. The summed E-state index contributed by atoms with van der Waals surface area (Å²) in [6.07, 6.45) is 0. The van der Waals surface area contributed by atoms with Crippen LogP contribution in [0, 0.1) is 0 Å². The average Bonchev–Trinajstić information content (AvgIpc) is 2.17. The highest BCUT2D eigenvalue weighted by Crippen LogP contribution is 2.01. The third-order valence-electron chi connectivity index (χ3n) is 1.59. The Morgan fingerprint density at radius 2 is 2.00 bits per heavy atom. The van der Waals surface area contributed by atoms with Crippen molar-refractivity contribution >= 4 is 5.78 Å². The number of Topliss-reactive ketones (excluding diaryl/α,β-unsaturated/α-hetero) is 1. The standard InChI is InChI=1S/C9H11NO2/c10-8(6-11)9(12)7-4-2-1-3-5-7/h1-5,8,11H,6,10H2. The lowest BCUT2D eigenvalue weighted by Gasteiger charge is -2.05. The van der Waals surface area contributed by atoms with Gasteiger partial charge in [0.05, 0.1) is 12.6 Å². The molecule has 12 heavy (non-hydrogen) atoms. The maximum Gasteiger partial charge on any atom is 0.181 e. The SMILES string of the molecule is NC(CO)C(=O)c1ccccc1. The van der Waals surface area contributed by atoms with E-state index >= 15 is 0 Å². The number of nitrogens with two attached hydrogens (primary N) is 1. The quantitative estimate of drug-likeness (QED) is 0.628. The molecule has 1 rings (SSSR count). The van der Waals surface area contributed by atoms with Crippen LogP contribution in [0.2, 0.25) is 0 Å². The molecular formula is C9H11NO2. The van der Waals surface area contributed by atoms with Gasteiger partial charge in [0.25, 0.3) is 0 Å². The van der Waals surface area contributed by atoms with Gasteiger partial charge in [0.1, 0.15) is 0 Å². The summed E-state index contributed by atoms with van der Waals surface area (Å²) >= 11 is 0. The highest BCUT2D eigenvalue weighted by molar-refractivity contribution is 5.99. The fourth-order valence-electron chi connectivity index (χ4n) is 0.899. The molecule has 0 aromatic heterocycles. The predicted octanol–water partition coefficient (Wildman–Crippen LogP) is 0.189. The predicted molar refractivity (Wildman–Crippen MR) is 45.8 cm³/mol. The molecule has 0 spiro atoms. The average molecular weight is 165 g/mol. The lowest BCUT2D eigenvalue weighted by atomic mass is 10.1. The van der Waals surface area contributed by atoms with Gasteiger partial charge in [-0.1, -0.05) is 30.3 Å². The smallest absolute Gasteiger partial charge is 0.181 e. The van der Waals surface area contributed by atoms with E-state index in [1.807, 2.05) is 6.07 Å². The maximum absolute atomic E-state index is 11.3. The van der Waals surface area contributed by atoms with Crippen molar-refractivity contribution in [2.75, 3.05) is 6.61 Å². The van der Waals surface area contributed by atoms with E-state index in [-0.39, 0.29) is 12.4 Å². The number of carbonyl (C=O) groups excluding carboxylic acids is 1. The molecule has 3 nitrogen and oxygen atoms in total. The van der Waals surface area contributed by atoms with Crippen LogP contribution in [0.5, 0.6) is 0 Å². The molecule has 0 aliphatic heterocycles. The number of ketones is 1. The van der Waals surface area contributed by atoms with Crippen molar-refractivity contribution in [2.45, 2.75) is 6.04 Å². The molecule has 3 N–H and O–H groups in total. The van der Waals surface area contributed by atoms with E-state index in [1.165, 1.54) is 0 Å². The number of hydrogen-bond acceptors (Lipinski definition) is 3. The molecule has 1 unspecified atom stereocenters. The zero-order valence-corrected chi connectivity index (χ0v) is 6.60. The summed E-state index contributed by atoms with van der Waals surface area (Å²) < 4.78 is 0. The first-order valence-electron chi connectivity index (χ1n) is 3.71. The Hall–Kier alpha value is -1.19. The molecule has 64 valence electrons. The first-order chi connectivity index (χ1) is 5.75. The van der Waals surface area contributed by atoms with E-state index in [0.717, 1.165) is 0 Å². The minimum Gasteiger partial charge on any atom is -0.394 e. The van der Waals surface area contributed by atoms with Crippen LogP contribution in [0.1, 0.15) is 10.4 Å². The molecule has 0 aliphatic carbocycles. The number of rotatable bonds is 3. The molecule has 0 radical (unpaired) electrons. The van der Waals surface area contributed by atoms with Crippen LogP contribution in [0.25, 0.3) is 0 Å². The van der Waals surface area contributed by atoms with Crippen molar-refractivity contribution in [3.63, 3.8) is 0 Å². The summed E-state index contributed by atoms with van der Waals surface area (Å²) in [6.45, 7) is -0.312. The molecule has 0 saturated heterocycles. The third kappa shape index (κ3) is 1.90. The number of benzene rings is 1. The fourth-order valence-corrected chi connectivity index (χ4v) is 0.899. The maximum atomic E-state index is 11.3. The van der Waals surface area contributed by atoms with E-state index < -0.39 is 6.04 Å². The monoisotopic (exact) mass is 165 g/mol. The van der Waals surface area contributed by atoms with Gasteiger partial charge in [-0.05, 0) is 0 Å². The van der Waals surface area contributed by atoms with Crippen LogP contribution in [0.15, 0.2) is 30.3 Å². The summed E-state index contributed by atoms with van der Waals surface area (Å²) in [4.78, 5) is 11.3. The summed E-state index contributed by atoms with van der Waals surface area (Å²) in [7, 11) is 0. The van der Waals surface area contributed by atoms with Gasteiger partial charge in [-0.15, -0.1) is 0 Å². The zero-order valence-electron chi connectivity index (χ0n) is 6.60. The van der Waals surface area contributed by atoms with Crippen LogP contribution in [-0.2, 0) is 0 Å². The van der Waals surface area contributed by atoms with Crippen molar-refractivity contribution in [3.8, 4) is 0 Å². The second-order valence-electron chi connectivity index (χ2n) is 2.52. The van der Waals surface area contributed by atoms with Gasteiger partial charge in [-0.25, -0.2) is 0 Å². The molecule has 1 atom stereocenters. The van der Waals surface area contributed by atoms with Gasteiger partial charge in [-0.3, -0.25) is 4.79 Å². The largest absolute Gasteiger partial charge is 0.394 e. The van der Waals surface area contributed by atoms with Gasteiger partial charge >= 0.3 is 0 Å². The molecule has 0 aliphatic rings. The van der Waals surface area contributed by atoms with Gasteiger partial charge in [0.2, 0.25) is 0 Å². The molecule has 0 saturated carbocycles. The molecule has 0 bridgehead atoms. The molecule has 0 heterocycles. The Kier molecular flexibility index (Phi) is 2.96. The number of aliphatic hydroxyl groups is 1. The van der Waals surface area contributed by atoms with Crippen LogP contribution < -0.4 is 5.73 Å². The molecule has 0 fully saturated rings. The molecular weight excluding hydrogens is 154 g/mol. The van der Waals surface area contributed by atoms with Crippen LogP contribution in [-0.4, -0.2) is 23.5 Å². The lowest BCUT2D eigenvalue weighted by molar-refractivity contribution is 0.0925. The van der Waals surface area contributed by atoms with Gasteiger partial charge in [-0.2, -0.15) is 0 Å². The summed E-state index contributed by atoms with van der Waals surface area (Å²) in [6, 6.07) is 7.90. The van der Waals surface area contributed by atoms with Crippen molar-refractivity contribution in [2.24, 2.45) is 5.73 Å². The summed E-state index contributed by atoms with van der Waals surface area (Å²) in [5.74, 6) is -0.224. The first-order valence-corrected chi connectivity index (χ1v) is 3.71. The van der Waals surface area contributed by atoms with Crippen LogP contribution in [0.4, 0.5) is 0 Å². The Morgan fingerprint density at radius 3 is 2.50 bits per heavy atom. The number of aliphatic hydroxyl groups excluding tert-OH is 1. The van der Waals surface area contributed by atoms with E-state index in [4.69, 9.17) is 10.8 Å². The molecule has 0 amide bonds. The summed E-state index contributed by atoms with van der Waals surface area (Å²) in [5, 5.41) is 8.62. The topological polar surface area (TPSA) is 63.3 Å². The van der Waals surface area contributed by atoms with Crippen molar-refractivity contribution in [3.05, 3.63) is 35.9 Å². The third-order valence-corrected chi connectivity index (χ3v) is 1.59. The van der Waals surface area contributed by atoms with E-state index in [1.54, 1.807) is 24.3 Å². The van der Waals surface area contributed by atoms with E-state index in [2.05, 4.69) is 0 Å². The van der Waals surface area contributed by atoms with Gasteiger partial charge in [0, 0.05) is 5.56 Å². The Balaban J connectivity index is 2.79. The second-order valence-corrected chi connectivity index (χ2v) is 2.52. The number of hydrogen-bond donors (Lipinski definition) is 2. The van der Waals surface area contributed by atoms with Crippen LogP contribution >= 0.6 is 0 Å². The van der Waals surface area contributed by atoms with Gasteiger partial charge < -0.3 is 10.8 Å². The Labute approximate surface area is 70.8 Å².